The van der Waals surface area contributed by atoms with Crippen LogP contribution in [0.25, 0.3) is 0 Å². The van der Waals surface area contributed by atoms with E-state index >= 15 is 0 Å². The zero-order chi connectivity index (χ0) is 13.6. The third-order valence-corrected chi connectivity index (χ3v) is 4.86. The first kappa shape index (κ1) is 14.0. The van der Waals surface area contributed by atoms with Crippen molar-refractivity contribution in [1.82, 2.24) is 14.8 Å². The number of aromatic nitrogens is 1. The van der Waals surface area contributed by atoms with Gasteiger partial charge in [-0.3, -0.25) is 14.8 Å². The summed E-state index contributed by atoms with van der Waals surface area (Å²) in [6.45, 7) is 5.91. The lowest BCUT2D eigenvalue weighted by molar-refractivity contribution is 0.0844. The maximum absolute atomic E-state index is 4.44. The molecule has 110 valence electrons. The quantitative estimate of drug-likeness (QED) is 0.789. The minimum absolute atomic E-state index is 0.870. The molecule has 0 aromatic carbocycles. The summed E-state index contributed by atoms with van der Waals surface area (Å²) in [6.07, 6.45) is 10.6. The largest absolute Gasteiger partial charge is 0.298 e. The van der Waals surface area contributed by atoms with Crippen molar-refractivity contribution in [3.8, 4) is 0 Å². The molecule has 0 N–H and O–H groups in total. The molecular formula is C17H27N3. The highest BCUT2D eigenvalue weighted by Crippen LogP contribution is 2.23. The van der Waals surface area contributed by atoms with Crippen molar-refractivity contribution in [2.75, 3.05) is 26.2 Å². The topological polar surface area (TPSA) is 19.4 Å². The molecule has 0 atom stereocenters. The fraction of sp³-hybridized carbons (Fsp3) is 0.706. The van der Waals surface area contributed by atoms with E-state index in [2.05, 4.69) is 26.9 Å². The van der Waals surface area contributed by atoms with Crippen LogP contribution in [-0.2, 0) is 6.54 Å². The minimum atomic E-state index is 0.870. The number of hydrogen-bond acceptors (Lipinski definition) is 3. The minimum Gasteiger partial charge on any atom is -0.298 e. The highest BCUT2D eigenvalue weighted by molar-refractivity contribution is 5.03. The zero-order valence-electron chi connectivity index (χ0n) is 12.5. The SMILES string of the molecule is c1ccc(CN2CCN(C3CCCCCC3)CC2)nc1. The van der Waals surface area contributed by atoms with Gasteiger partial charge in [-0.15, -0.1) is 0 Å². The standard InChI is InChI=1S/C17H27N3/c1-2-4-9-17(8-3-1)20-13-11-19(12-14-20)15-16-7-5-6-10-18-16/h5-7,10,17H,1-4,8-9,11-15H2. The van der Waals surface area contributed by atoms with Gasteiger partial charge in [0.15, 0.2) is 0 Å². The summed E-state index contributed by atoms with van der Waals surface area (Å²) >= 11 is 0. The first-order valence-electron chi connectivity index (χ1n) is 8.28. The molecule has 1 aliphatic heterocycles. The summed E-state index contributed by atoms with van der Waals surface area (Å²) in [5, 5.41) is 0. The lowest BCUT2D eigenvalue weighted by atomic mass is 10.1. The van der Waals surface area contributed by atoms with Gasteiger partial charge in [-0.05, 0) is 25.0 Å². The Morgan fingerprint density at radius 2 is 1.70 bits per heavy atom. The Morgan fingerprint density at radius 1 is 0.950 bits per heavy atom. The Bertz CT molecular complexity index is 376. The van der Waals surface area contributed by atoms with E-state index < -0.39 is 0 Å². The van der Waals surface area contributed by atoms with Gasteiger partial charge in [0, 0.05) is 45.0 Å². The normalized spacial score (nSPS) is 23.6. The smallest absolute Gasteiger partial charge is 0.0543 e. The van der Waals surface area contributed by atoms with Crippen molar-refractivity contribution in [1.29, 1.82) is 0 Å². The van der Waals surface area contributed by atoms with E-state index in [9.17, 15) is 0 Å². The average molecular weight is 273 g/mol. The predicted octanol–water partition coefficient (Wildman–Crippen LogP) is 2.92. The van der Waals surface area contributed by atoms with Gasteiger partial charge >= 0.3 is 0 Å². The third kappa shape index (κ3) is 3.80. The van der Waals surface area contributed by atoms with Crippen LogP contribution in [0, 0.1) is 0 Å². The van der Waals surface area contributed by atoms with Crippen LogP contribution in [0.1, 0.15) is 44.2 Å². The maximum Gasteiger partial charge on any atom is 0.0543 e. The monoisotopic (exact) mass is 273 g/mol. The summed E-state index contributed by atoms with van der Waals surface area (Å²) in [5.41, 5.74) is 1.20. The molecule has 2 heterocycles. The van der Waals surface area contributed by atoms with Crippen LogP contribution in [0.4, 0.5) is 0 Å². The Morgan fingerprint density at radius 3 is 2.35 bits per heavy atom. The second-order valence-electron chi connectivity index (χ2n) is 6.28. The first-order chi connectivity index (χ1) is 9.92. The third-order valence-electron chi connectivity index (χ3n) is 4.86. The molecule has 0 amide bonds. The predicted molar refractivity (Wildman–Crippen MR) is 82.6 cm³/mol. The molecule has 1 aromatic rings. The van der Waals surface area contributed by atoms with Gasteiger partial charge in [-0.25, -0.2) is 0 Å². The van der Waals surface area contributed by atoms with Gasteiger partial charge in [0.1, 0.15) is 0 Å². The molecular weight excluding hydrogens is 246 g/mol. The van der Waals surface area contributed by atoms with Crippen molar-refractivity contribution < 1.29 is 0 Å². The van der Waals surface area contributed by atoms with Crippen LogP contribution < -0.4 is 0 Å². The van der Waals surface area contributed by atoms with Gasteiger partial charge < -0.3 is 0 Å². The van der Waals surface area contributed by atoms with Crippen molar-refractivity contribution in [3.63, 3.8) is 0 Å². The molecule has 1 saturated carbocycles. The van der Waals surface area contributed by atoms with Gasteiger partial charge in [0.2, 0.25) is 0 Å². The van der Waals surface area contributed by atoms with Crippen LogP contribution in [0.15, 0.2) is 24.4 Å². The number of rotatable bonds is 3. The number of piperazine rings is 1. The number of pyridine rings is 1. The second-order valence-corrected chi connectivity index (χ2v) is 6.28. The molecule has 0 bridgehead atoms. The van der Waals surface area contributed by atoms with E-state index in [0.29, 0.717) is 0 Å². The van der Waals surface area contributed by atoms with Gasteiger partial charge in [-0.1, -0.05) is 31.7 Å². The Hall–Kier alpha value is -0.930. The molecule has 2 aliphatic rings. The van der Waals surface area contributed by atoms with Gasteiger partial charge in [-0.2, -0.15) is 0 Å². The molecule has 0 unspecified atom stereocenters. The summed E-state index contributed by atoms with van der Waals surface area (Å²) in [4.78, 5) is 9.74. The lowest BCUT2D eigenvalue weighted by Crippen LogP contribution is -2.49. The lowest BCUT2D eigenvalue weighted by Gasteiger charge is -2.39. The molecule has 3 nitrogen and oxygen atoms in total. The van der Waals surface area contributed by atoms with Crippen molar-refractivity contribution in [2.24, 2.45) is 0 Å². The molecule has 20 heavy (non-hydrogen) atoms. The zero-order valence-corrected chi connectivity index (χ0v) is 12.5. The Kier molecular flexibility index (Phi) is 5.04. The van der Waals surface area contributed by atoms with Crippen LogP contribution in [-0.4, -0.2) is 47.0 Å². The molecule has 0 radical (unpaired) electrons. The average Bonchev–Trinajstić information content (AvgIpc) is 2.78. The molecule has 1 saturated heterocycles. The van der Waals surface area contributed by atoms with Crippen LogP contribution in [0.3, 0.4) is 0 Å². The summed E-state index contributed by atoms with van der Waals surface area (Å²) in [7, 11) is 0. The van der Waals surface area contributed by atoms with E-state index in [1.54, 1.807) is 0 Å². The van der Waals surface area contributed by atoms with Gasteiger partial charge in [0.25, 0.3) is 0 Å². The molecule has 1 aliphatic carbocycles. The first-order valence-corrected chi connectivity index (χ1v) is 8.28. The number of hydrogen-bond donors (Lipinski definition) is 0. The fourth-order valence-electron chi connectivity index (χ4n) is 3.63. The highest BCUT2D eigenvalue weighted by Gasteiger charge is 2.24. The summed E-state index contributed by atoms with van der Waals surface area (Å²) in [5.74, 6) is 0. The van der Waals surface area contributed by atoms with E-state index in [0.717, 1.165) is 12.6 Å². The molecule has 1 aromatic heterocycles. The van der Waals surface area contributed by atoms with E-state index in [1.807, 2.05) is 12.3 Å². The summed E-state index contributed by atoms with van der Waals surface area (Å²) in [6, 6.07) is 7.09. The molecule has 3 heteroatoms. The molecule has 2 fully saturated rings. The van der Waals surface area contributed by atoms with Crippen LogP contribution >= 0.6 is 0 Å². The van der Waals surface area contributed by atoms with E-state index in [4.69, 9.17) is 0 Å². The van der Waals surface area contributed by atoms with Crippen molar-refractivity contribution >= 4 is 0 Å². The van der Waals surface area contributed by atoms with E-state index in [1.165, 1.54) is 70.4 Å². The molecule has 3 rings (SSSR count). The highest BCUT2D eigenvalue weighted by atomic mass is 15.3. The summed E-state index contributed by atoms with van der Waals surface area (Å²) < 4.78 is 0. The molecule has 0 spiro atoms. The van der Waals surface area contributed by atoms with Crippen LogP contribution in [0.2, 0.25) is 0 Å². The fourth-order valence-corrected chi connectivity index (χ4v) is 3.63. The van der Waals surface area contributed by atoms with Crippen molar-refractivity contribution in [3.05, 3.63) is 30.1 Å². The van der Waals surface area contributed by atoms with Crippen molar-refractivity contribution in [2.45, 2.75) is 51.1 Å². The maximum atomic E-state index is 4.44. The second kappa shape index (κ2) is 7.19. The van der Waals surface area contributed by atoms with Gasteiger partial charge in [0.05, 0.1) is 5.69 Å². The number of nitrogens with zero attached hydrogens (tertiary/aromatic N) is 3. The van der Waals surface area contributed by atoms with Crippen LogP contribution in [0.5, 0.6) is 0 Å². The van der Waals surface area contributed by atoms with E-state index in [-0.39, 0.29) is 0 Å². The Labute approximate surface area is 123 Å². The Balaban J connectivity index is 1.46.